The van der Waals surface area contributed by atoms with E-state index in [1.54, 1.807) is 48.9 Å². The van der Waals surface area contributed by atoms with Crippen molar-refractivity contribution in [2.24, 2.45) is 4.99 Å². The number of methoxy groups -OCH3 is 2. The molecule has 1 aliphatic heterocycles. The van der Waals surface area contributed by atoms with Crippen LogP contribution in [0.15, 0.2) is 35.3 Å². The molecule has 0 saturated heterocycles. The fourth-order valence-electron chi connectivity index (χ4n) is 3.39. The second-order valence-electron chi connectivity index (χ2n) is 6.79. The van der Waals surface area contributed by atoms with Crippen LogP contribution in [0.25, 0.3) is 10.2 Å². The van der Waals surface area contributed by atoms with E-state index < -0.39 is 5.97 Å². The third kappa shape index (κ3) is 4.26. The SMILES string of the molecule is CCOC(=O)Cn1c(=NC(=O)Cc2ccc3c(c2)OCO3)sc2c(OC)ccc(OC)c21. The molecule has 0 aliphatic carbocycles. The molecule has 0 radical (unpaired) electrons. The zero-order valence-corrected chi connectivity index (χ0v) is 18.7. The number of carbonyl (C=O) groups excluding carboxylic acids is 2. The molecule has 9 nitrogen and oxygen atoms in total. The van der Waals surface area contributed by atoms with Gasteiger partial charge in [0, 0.05) is 0 Å². The number of amides is 1. The lowest BCUT2D eigenvalue weighted by atomic mass is 10.1. The number of hydrogen-bond acceptors (Lipinski definition) is 8. The first kappa shape index (κ1) is 21.7. The van der Waals surface area contributed by atoms with Gasteiger partial charge in [-0.15, -0.1) is 0 Å². The first-order chi connectivity index (χ1) is 15.5. The second kappa shape index (κ2) is 9.31. The van der Waals surface area contributed by atoms with Gasteiger partial charge < -0.3 is 28.3 Å². The van der Waals surface area contributed by atoms with Crippen LogP contribution in [0.4, 0.5) is 0 Å². The third-order valence-electron chi connectivity index (χ3n) is 4.80. The Hall–Kier alpha value is -3.53. The van der Waals surface area contributed by atoms with Crippen molar-refractivity contribution in [1.29, 1.82) is 0 Å². The van der Waals surface area contributed by atoms with E-state index in [0.29, 0.717) is 38.0 Å². The number of ether oxygens (including phenoxy) is 5. The first-order valence-electron chi connectivity index (χ1n) is 9.90. The number of rotatable bonds is 7. The number of aromatic nitrogens is 1. The highest BCUT2D eigenvalue weighted by Crippen LogP contribution is 2.35. The van der Waals surface area contributed by atoms with Crippen LogP contribution in [0.1, 0.15) is 12.5 Å². The Bertz CT molecular complexity index is 1250. The van der Waals surface area contributed by atoms with Gasteiger partial charge in [0.1, 0.15) is 28.3 Å². The molecule has 4 rings (SSSR count). The lowest BCUT2D eigenvalue weighted by molar-refractivity contribution is -0.143. The molecule has 0 N–H and O–H groups in total. The predicted molar refractivity (Wildman–Crippen MR) is 116 cm³/mol. The Kier molecular flexibility index (Phi) is 6.31. The number of nitrogens with zero attached hydrogens (tertiary/aromatic N) is 2. The maximum absolute atomic E-state index is 12.8. The fraction of sp³-hybridized carbons (Fsp3) is 0.318. The van der Waals surface area contributed by atoms with Crippen LogP contribution < -0.4 is 23.7 Å². The highest BCUT2D eigenvalue weighted by Gasteiger charge is 2.19. The minimum atomic E-state index is -0.443. The van der Waals surface area contributed by atoms with Crippen LogP contribution in [0.2, 0.25) is 0 Å². The molecule has 1 amide bonds. The van der Waals surface area contributed by atoms with Crippen LogP contribution in [0.5, 0.6) is 23.0 Å². The van der Waals surface area contributed by atoms with Gasteiger partial charge >= 0.3 is 5.97 Å². The van der Waals surface area contributed by atoms with Gasteiger partial charge in [0.05, 0.1) is 27.2 Å². The lowest BCUT2D eigenvalue weighted by Gasteiger charge is -2.10. The Morgan fingerprint density at radius 1 is 1.09 bits per heavy atom. The monoisotopic (exact) mass is 458 g/mol. The van der Waals surface area contributed by atoms with Crippen molar-refractivity contribution >= 4 is 33.4 Å². The van der Waals surface area contributed by atoms with Crippen molar-refractivity contribution in [3.8, 4) is 23.0 Å². The predicted octanol–water partition coefficient (Wildman–Crippen LogP) is 2.68. The molecule has 32 heavy (non-hydrogen) atoms. The van der Waals surface area contributed by atoms with Crippen molar-refractivity contribution in [3.63, 3.8) is 0 Å². The number of benzene rings is 2. The van der Waals surface area contributed by atoms with Crippen LogP contribution in [0, 0.1) is 0 Å². The molecule has 1 aromatic heterocycles. The lowest BCUT2D eigenvalue weighted by Crippen LogP contribution is -2.23. The van der Waals surface area contributed by atoms with Crippen LogP contribution in [-0.4, -0.2) is 44.1 Å². The second-order valence-corrected chi connectivity index (χ2v) is 7.77. The summed E-state index contributed by atoms with van der Waals surface area (Å²) in [5.74, 6) is 1.56. The summed E-state index contributed by atoms with van der Waals surface area (Å²) in [6, 6.07) is 8.84. The normalized spacial score (nSPS) is 12.8. The van der Waals surface area contributed by atoms with Crippen LogP contribution >= 0.6 is 11.3 Å². The molecule has 0 unspecified atom stereocenters. The molecule has 0 bridgehead atoms. The molecule has 2 aromatic carbocycles. The van der Waals surface area contributed by atoms with Crippen LogP contribution in [0.3, 0.4) is 0 Å². The molecule has 0 saturated carbocycles. The topological polar surface area (TPSA) is 97.6 Å². The van der Waals surface area contributed by atoms with Gasteiger partial charge in [-0.05, 0) is 36.8 Å². The standard InChI is InChI=1S/C22H22N2O7S/c1-4-29-19(26)11-24-20-15(27-2)7-8-16(28-3)21(20)32-22(24)23-18(25)10-13-5-6-14-17(9-13)31-12-30-14/h5-9H,4,10-12H2,1-3H3. The Labute approximate surface area is 187 Å². The van der Waals surface area contributed by atoms with Crippen molar-refractivity contribution in [2.45, 2.75) is 19.9 Å². The maximum atomic E-state index is 12.8. The Morgan fingerprint density at radius 3 is 2.59 bits per heavy atom. The Balaban J connectivity index is 1.76. The average Bonchev–Trinajstić information content (AvgIpc) is 3.38. The van der Waals surface area contributed by atoms with E-state index in [1.807, 2.05) is 0 Å². The highest BCUT2D eigenvalue weighted by molar-refractivity contribution is 7.16. The molecule has 2 heterocycles. The number of carbonyl (C=O) groups is 2. The molecular formula is C22H22N2O7S. The van der Waals surface area contributed by atoms with Gasteiger partial charge in [-0.3, -0.25) is 9.59 Å². The van der Waals surface area contributed by atoms with Gasteiger partial charge in [0.2, 0.25) is 6.79 Å². The summed E-state index contributed by atoms with van der Waals surface area (Å²) >= 11 is 1.24. The molecule has 168 valence electrons. The number of fused-ring (bicyclic) bond motifs is 2. The summed E-state index contributed by atoms with van der Waals surface area (Å²) in [4.78, 5) is 29.7. The third-order valence-corrected chi connectivity index (χ3v) is 5.89. The van der Waals surface area contributed by atoms with Gasteiger partial charge in [0.25, 0.3) is 5.91 Å². The summed E-state index contributed by atoms with van der Waals surface area (Å²) in [7, 11) is 3.09. The minimum absolute atomic E-state index is 0.0680. The van der Waals surface area contributed by atoms with Gasteiger partial charge in [0.15, 0.2) is 16.3 Å². The number of hydrogen-bond donors (Lipinski definition) is 0. The summed E-state index contributed by atoms with van der Waals surface area (Å²) in [5, 5.41) is 0. The molecule has 0 spiro atoms. The average molecular weight is 458 g/mol. The number of esters is 1. The molecule has 1 aliphatic rings. The van der Waals surface area contributed by atoms with E-state index >= 15 is 0 Å². The van der Waals surface area contributed by atoms with Gasteiger partial charge in [-0.25, -0.2) is 0 Å². The van der Waals surface area contributed by atoms with Crippen molar-refractivity contribution < 1.29 is 33.3 Å². The number of thiazole rings is 1. The van der Waals surface area contributed by atoms with Crippen molar-refractivity contribution in [3.05, 3.63) is 40.7 Å². The molecule has 0 fully saturated rings. The molecule has 0 atom stereocenters. The van der Waals surface area contributed by atoms with E-state index in [4.69, 9.17) is 23.7 Å². The minimum Gasteiger partial charge on any atom is -0.495 e. The molecular weight excluding hydrogens is 436 g/mol. The summed E-state index contributed by atoms with van der Waals surface area (Å²) in [6.45, 7) is 2.03. The van der Waals surface area contributed by atoms with E-state index in [1.165, 1.54) is 18.4 Å². The van der Waals surface area contributed by atoms with Gasteiger partial charge in [-0.2, -0.15) is 4.99 Å². The summed E-state index contributed by atoms with van der Waals surface area (Å²) < 4.78 is 29.1. The van der Waals surface area contributed by atoms with E-state index in [2.05, 4.69) is 4.99 Å². The van der Waals surface area contributed by atoms with Gasteiger partial charge in [-0.1, -0.05) is 17.4 Å². The first-order valence-corrected chi connectivity index (χ1v) is 10.7. The summed E-state index contributed by atoms with van der Waals surface area (Å²) in [5.41, 5.74) is 1.36. The quantitative estimate of drug-likeness (QED) is 0.502. The largest absolute Gasteiger partial charge is 0.495 e. The zero-order chi connectivity index (χ0) is 22.7. The van der Waals surface area contributed by atoms with E-state index in [9.17, 15) is 9.59 Å². The highest BCUT2D eigenvalue weighted by atomic mass is 32.1. The smallest absolute Gasteiger partial charge is 0.326 e. The van der Waals surface area contributed by atoms with E-state index in [-0.39, 0.29) is 32.3 Å². The summed E-state index contributed by atoms with van der Waals surface area (Å²) in [6.07, 6.45) is 0.0680. The fourth-order valence-corrected chi connectivity index (χ4v) is 4.55. The van der Waals surface area contributed by atoms with Crippen LogP contribution in [-0.2, 0) is 27.3 Å². The maximum Gasteiger partial charge on any atom is 0.326 e. The zero-order valence-electron chi connectivity index (χ0n) is 17.9. The van der Waals surface area contributed by atoms with E-state index in [0.717, 1.165) is 5.56 Å². The van der Waals surface area contributed by atoms with Crippen molar-refractivity contribution in [2.75, 3.05) is 27.6 Å². The molecule has 10 heteroatoms. The van der Waals surface area contributed by atoms with Crippen molar-refractivity contribution in [1.82, 2.24) is 4.57 Å². The Morgan fingerprint density at radius 2 is 1.84 bits per heavy atom. The molecule has 3 aromatic rings.